The molecule has 1 aromatic carbocycles. The van der Waals surface area contributed by atoms with Crippen LogP contribution < -0.4 is 17.0 Å². The summed E-state index contributed by atoms with van der Waals surface area (Å²) < 4.78 is 8.81. The Morgan fingerprint density at radius 1 is 1.12 bits per heavy atom. The number of aromatic nitrogens is 4. The number of hydrogen-bond acceptors (Lipinski definition) is 7. The van der Waals surface area contributed by atoms with Crippen LogP contribution >= 0.6 is 0 Å². The molecule has 10 nitrogen and oxygen atoms in total. The Balaban J connectivity index is 1.78. The third-order valence-corrected chi connectivity index (χ3v) is 4.92. The fourth-order valence-electron chi connectivity index (χ4n) is 3.25. The molecule has 32 heavy (non-hydrogen) atoms. The molecule has 0 radical (unpaired) electrons. The van der Waals surface area contributed by atoms with Gasteiger partial charge in [0.2, 0.25) is 5.78 Å². The highest BCUT2D eigenvalue weighted by atomic mass is 16.5. The van der Waals surface area contributed by atoms with E-state index in [0.29, 0.717) is 0 Å². The maximum Gasteiger partial charge on any atom is 0.338 e. The van der Waals surface area contributed by atoms with Crippen molar-refractivity contribution in [3.63, 3.8) is 0 Å². The molecule has 0 saturated carbocycles. The molecule has 0 aliphatic carbocycles. The largest absolute Gasteiger partial charge is 0.454 e. The number of nitrogens with zero attached hydrogens (tertiary/aromatic N) is 4. The van der Waals surface area contributed by atoms with E-state index < -0.39 is 29.6 Å². The van der Waals surface area contributed by atoms with Crippen molar-refractivity contribution in [1.82, 2.24) is 18.9 Å². The molecule has 0 saturated heterocycles. The Morgan fingerprint density at radius 2 is 1.78 bits per heavy atom. The molecule has 2 heterocycles. The number of ketones is 1. The van der Waals surface area contributed by atoms with Crippen LogP contribution in [0.15, 0.2) is 46.1 Å². The van der Waals surface area contributed by atoms with Crippen LogP contribution in [0.25, 0.3) is 5.69 Å². The first kappa shape index (κ1) is 22.7. The zero-order chi connectivity index (χ0) is 23.6. The van der Waals surface area contributed by atoms with Crippen molar-refractivity contribution >= 4 is 17.6 Å². The standard InChI is InChI=1S/C22H25N5O5/c1-13(2)11-26-19(23)18(20(29)25(4)22(26)31)17(28)12-32-21(30)15-5-7-16(8-6-15)27-14(3)9-10-24-27/h5-10,13H,11-12,23H2,1-4H3. The average molecular weight is 439 g/mol. The van der Waals surface area contributed by atoms with Crippen molar-refractivity contribution in [3.8, 4) is 5.69 Å². The van der Waals surface area contributed by atoms with E-state index >= 15 is 0 Å². The van der Waals surface area contributed by atoms with Gasteiger partial charge in [-0.25, -0.2) is 14.3 Å². The van der Waals surface area contributed by atoms with Gasteiger partial charge in [0, 0.05) is 25.5 Å². The number of hydrogen-bond donors (Lipinski definition) is 1. The first-order valence-electron chi connectivity index (χ1n) is 10.0. The molecule has 2 N–H and O–H groups in total. The molecule has 168 valence electrons. The summed E-state index contributed by atoms with van der Waals surface area (Å²) in [5.74, 6) is -1.68. The molecule has 0 atom stereocenters. The number of rotatable bonds is 7. The van der Waals surface area contributed by atoms with Gasteiger partial charge in [0.05, 0.1) is 11.3 Å². The van der Waals surface area contributed by atoms with Gasteiger partial charge >= 0.3 is 11.7 Å². The molecule has 0 aliphatic heterocycles. The number of nitrogen functional groups attached to an aromatic ring is 1. The molecule has 0 bridgehead atoms. The highest BCUT2D eigenvalue weighted by Gasteiger charge is 2.23. The molecule has 0 spiro atoms. The summed E-state index contributed by atoms with van der Waals surface area (Å²) in [7, 11) is 1.27. The van der Waals surface area contributed by atoms with E-state index in [1.54, 1.807) is 35.1 Å². The van der Waals surface area contributed by atoms with Crippen LogP contribution in [0, 0.1) is 12.8 Å². The normalized spacial score (nSPS) is 11.0. The van der Waals surface area contributed by atoms with E-state index in [9.17, 15) is 19.2 Å². The summed E-state index contributed by atoms with van der Waals surface area (Å²) in [4.78, 5) is 49.9. The molecule has 10 heteroatoms. The molecule has 3 aromatic rings. The van der Waals surface area contributed by atoms with Gasteiger partial charge in [-0.3, -0.25) is 18.7 Å². The van der Waals surface area contributed by atoms with Crippen molar-refractivity contribution in [2.75, 3.05) is 12.3 Å². The van der Waals surface area contributed by atoms with Gasteiger partial charge in [-0.05, 0) is 43.2 Å². The predicted molar refractivity (Wildman–Crippen MR) is 118 cm³/mol. The smallest absolute Gasteiger partial charge is 0.338 e. The van der Waals surface area contributed by atoms with Crippen LogP contribution in [0.3, 0.4) is 0 Å². The average Bonchev–Trinajstić information content (AvgIpc) is 3.19. The number of nitrogens with two attached hydrogens (primary N) is 1. The number of carbonyl (C=O) groups is 2. The predicted octanol–water partition coefficient (Wildman–Crippen LogP) is 1.32. The van der Waals surface area contributed by atoms with Crippen molar-refractivity contribution in [2.45, 2.75) is 27.3 Å². The molecule has 0 aliphatic rings. The van der Waals surface area contributed by atoms with E-state index in [0.717, 1.165) is 15.9 Å². The van der Waals surface area contributed by atoms with Gasteiger partial charge < -0.3 is 10.5 Å². The summed E-state index contributed by atoms with van der Waals surface area (Å²) in [5.41, 5.74) is 6.11. The highest BCUT2D eigenvalue weighted by Crippen LogP contribution is 2.13. The summed E-state index contributed by atoms with van der Waals surface area (Å²) in [5, 5.41) is 4.20. The number of anilines is 1. The van der Waals surface area contributed by atoms with Crippen LogP contribution in [-0.2, 0) is 18.3 Å². The maximum atomic E-state index is 12.7. The first-order chi connectivity index (χ1) is 15.1. The van der Waals surface area contributed by atoms with E-state index in [-0.39, 0.29) is 29.4 Å². The fraction of sp³-hybridized carbons (Fsp3) is 0.318. The van der Waals surface area contributed by atoms with Gasteiger partial charge in [-0.15, -0.1) is 0 Å². The second kappa shape index (κ2) is 9.04. The summed E-state index contributed by atoms with van der Waals surface area (Å²) in [6.45, 7) is 5.21. The Kier molecular flexibility index (Phi) is 6.42. The van der Waals surface area contributed by atoms with E-state index in [1.807, 2.05) is 26.8 Å². The Labute approximate surface area is 183 Å². The fourth-order valence-corrected chi connectivity index (χ4v) is 3.25. The first-order valence-corrected chi connectivity index (χ1v) is 10.0. The van der Waals surface area contributed by atoms with Crippen LogP contribution in [0.1, 0.15) is 40.3 Å². The minimum Gasteiger partial charge on any atom is -0.454 e. The number of benzene rings is 1. The van der Waals surface area contributed by atoms with Crippen LogP contribution in [-0.4, -0.2) is 37.3 Å². The zero-order valence-electron chi connectivity index (χ0n) is 18.4. The van der Waals surface area contributed by atoms with Gasteiger partial charge in [-0.1, -0.05) is 13.8 Å². The van der Waals surface area contributed by atoms with Crippen molar-refractivity contribution in [3.05, 3.63) is 74.2 Å². The lowest BCUT2D eigenvalue weighted by atomic mass is 10.1. The van der Waals surface area contributed by atoms with Crippen molar-refractivity contribution < 1.29 is 14.3 Å². The number of esters is 1. The number of aryl methyl sites for hydroxylation is 1. The van der Waals surface area contributed by atoms with Crippen molar-refractivity contribution in [2.24, 2.45) is 13.0 Å². The zero-order valence-corrected chi connectivity index (χ0v) is 18.4. The molecule has 3 rings (SSSR count). The van der Waals surface area contributed by atoms with Gasteiger partial charge in [0.25, 0.3) is 5.56 Å². The lowest BCUT2D eigenvalue weighted by Gasteiger charge is -2.16. The van der Waals surface area contributed by atoms with E-state index in [4.69, 9.17) is 10.5 Å². The van der Waals surface area contributed by atoms with E-state index in [2.05, 4.69) is 5.10 Å². The Morgan fingerprint density at radius 3 is 2.34 bits per heavy atom. The summed E-state index contributed by atoms with van der Waals surface area (Å²) >= 11 is 0. The lowest BCUT2D eigenvalue weighted by molar-refractivity contribution is 0.0474. The monoisotopic (exact) mass is 439 g/mol. The Bertz CT molecular complexity index is 1280. The summed E-state index contributed by atoms with van der Waals surface area (Å²) in [6, 6.07) is 8.37. The third-order valence-electron chi connectivity index (χ3n) is 4.92. The number of Topliss-reactive ketones (excluding diaryl/α,β-unsaturated/α-hetero) is 1. The minimum atomic E-state index is -0.826. The summed E-state index contributed by atoms with van der Waals surface area (Å²) in [6.07, 6.45) is 1.67. The SMILES string of the molecule is Cc1ccnn1-c1ccc(C(=O)OCC(=O)c2c(N)n(CC(C)C)c(=O)n(C)c2=O)cc1. The van der Waals surface area contributed by atoms with Crippen LogP contribution in [0.5, 0.6) is 0 Å². The van der Waals surface area contributed by atoms with Gasteiger partial charge in [0.15, 0.2) is 6.61 Å². The second-order valence-corrected chi connectivity index (χ2v) is 7.84. The maximum absolute atomic E-state index is 12.7. The van der Waals surface area contributed by atoms with Crippen LogP contribution in [0.2, 0.25) is 0 Å². The number of ether oxygens (including phenoxy) is 1. The molecular weight excluding hydrogens is 414 g/mol. The molecular formula is C22H25N5O5. The van der Waals surface area contributed by atoms with Gasteiger partial charge in [-0.2, -0.15) is 5.10 Å². The second-order valence-electron chi connectivity index (χ2n) is 7.84. The van der Waals surface area contributed by atoms with Gasteiger partial charge in [0.1, 0.15) is 11.4 Å². The molecule has 0 unspecified atom stereocenters. The van der Waals surface area contributed by atoms with Crippen LogP contribution in [0.4, 0.5) is 5.82 Å². The topological polar surface area (TPSA) is 131 Å². The number of carbonyl (C=O) groups excluding carboxylic acids is 2. The van der Waals surface area contributed by atoms with Crippen molar-refractivity contribution in [1.29, 1.82) is 0 Å². The highest BCUT2D eigenvalue weighted by molar-refractivity contribution is 6.02. The molecule has 2 aromatic heterocycles. The molecule has 0 amide bonds. The lowest BCUT2D eigenvalue weighted by Crippen LogP contribution is -2.43. The minimum absolute atomic E-state index is 0.0572. The Hall–Kier alpha value is -3.95. The third kappa shape index (κ3) is 4.39. The quantitative estimate of drug-likeness (QED) is 0.434. The van der Waals surface area contributed by atoms with E-state index in [1.165, 1.54) is 11.6 Å². The molecule has 0 fully saturated rings.